The van der Waals surface area contributed by atoms with Crippen LogP contribution < -0.4 is 15.4 Å². The summed E-state index contributed by atoms with van der Waals surface area (Å²) < 4.78 is 17.8. The first-order valence-electron chi connectivity index (χ1n) is 6.31. The molecule has 0 spiro atoms. The highest BCUT2D eigenvalue weighted by Gasteiger charge is 1.99. The van der Waals surface area contributed by atoms with Crippen LogP contribution in [0.2, 0.25) is 0 Å². The fourth-order valence-corrected chi connectivity index (χ4v) is 1.66. The molecule has 5 heteroatoms. The highest BCUT2D eigenvalue weighted by Crippen LogP contribution is 2.13. The fraction of sp³-hybridized carbons (Fsp3) is 0.0625. The van der Waals surface area contributed by atoms with E-state index in [9.17, 15) is 9.18 Å². The topological polar surface area (TPSA) is 50.4 Å². The molecule has 108 valence electrons. The molecule has 0 aliphatic carbocycles. The number of hydrogen-bond donors (Lipinski definition) is 2. The first kappa shape index (κ1) is 14.6. The molecule has 4 nitrogen and oxygen atoms in total. The van der Waals surface area contributed by atoms with Crippen molar-refractivity contribution >= 4 is 17.8 Å². The number of rotatable bonds is 4. The highest BCUT2D eigenvalue weighted by molar-refractivity contribution is 5.90. The molecule has 2 aromatic carbocycles. The Morgan fingerprint density at radius 3 is 2.67 bits per heavy atom. The summed E-state index contributed by atoms with van der Waals surface area (Å²) in [5, 5.41) is 5.15. The second-order valence-corrected chi connectivity index (χ2v) is 4.22. The minimum Gasteiger partial charge on any atom is -0.497 e. The number of halogens is 1. The van der Waals surface area contributed by atoms with E-state index in [1.54, 1.807) is 13.2 Å². The number of nitrogens with one attached hydrogen (secondary N) is 2. The van der Waals surface area contributed by atoms with Crippen LogP contribution in [0.1, 0.15) is 5.56 Å². The van der Waals surface area contributed by atoms with Crippen molar-refractivity contribution in [3.63, 3.8) is 0 Å². The molecule has 0 radical (unpaired) electrons. The van der Waals surface area contributed by atoms with Gasteiger partial charge in [-0.05, 0) is 48.0 Å². The minimum absolute atomic E-state index is 0.348. The third-order valence-electron chi connectivity index (χ3n) is 2.69. The first-order chi connectivity index (χ1) is 10.2. The summed E-state index contributed by atoms with van der Waals surface area (Å²) >= 11 is 0. The molecule has 2 aromatic rings. The minimum atomic E-state index is -0.402. The fourth-order valence-electron chi connectivity index (χ4n) is 1.66. The second kappa shape index (κ2) is 7.09. The average molecular weight is 286 g/mol. The summed E-state index contributed by atoms with van der Waals surface area (Å²) in [5.41, 5.74) is 1.42. The molecule has 0 fully saturated rings. The van der Waals surface area contributed by atoms with E-state index in [-0.39, 0.29) is 5.82 Å². The van der Waals surface area contributed by atoms with Crippen LogP contribution in [0.15, 0.2) is 54.7 Å². The summed E-state index contributed by atoms with van der Waals surface area (Å²) in [4.78, 5) is 11.6. The second-order valence-electron chi connectivity index (χ2n) is 4.22. The zero-order valence-electron chi connectivity index (χ0n) is 11.5. The van der Waals surface area contributed by atoms with E-state index in [2.05, 4.69) is 10.6 Å². The van der Waals surface area contributed by atoms with Crippen LogP contribution in [0.3, 0.4) is 0 Å². The lowest BCUT2D eigenvalue weighted by Gasteiger charge is -2.04. The Kier molecular flexibility index (Phi) is 4.93. The molecule has 0 heterocycles. The van der Waals surface area contributed by atoms with E-state index in [0.717, 1.165) is 11.3 Å². The molecule has 0 unspecified atom stereocenters. The zero-order valence-corrected chi connectivity index (χ0v) is 11.5. The average Bonchev–Trinajstić information content (AvgIpc) is 2.50. The number of anilines is 1. The number of methoxy groups -OCH3 is 1. The summed E-state index contributed by atoms with van der Waals surface area (Å²) in [6.45, 7) is 0. The molecule has 2 amide bonds. The Hall–Kier alpha value is -2.82. The van der Waals surface area contributed by atoms with E-state index in [0.29, 0.717) is 5.69 Å². The zero-order chi connectivity index (χ0) is 15.1. The summed E-state index contributed by atoms with van der Waals surface area (Å²) in [5.74, 6) is 0.395. The van der Waals surface area contributed by atoms with Gasteiger partial charge in [0.15, 0.2) is 0 Å². The van der Waals surface area contributed by atoms with Crippen molar-refractivity contribution < 1.29 is 13.9 Å². The van der Waals surface area contributed by atoms with Crippen LogP contribution in [0.4, 0.5) is 14.9 Å². The smallest absolute Gasteiger partial charge is 0.323 e. The maximum atomic E-state index is 12.7. The number of amides is 2. The van der Waals surface area contributed by atoms with Gasteiger partial charge in [-0.25, -0.2) is 9.18 Å². The third kappa shape index (κ3) is 4.65. The number of benzene rings is 2. The molecule has 0 saturated carbocycles. The number of carbonyl (C=O) groups excluding carboxylic acids is 1. The Labute approximate surface area is 122 Å². The van der Waals surface area contributed by atoms with Crippen molar-refractivity contribution in [2.24, 2.45) is 0 Å². The normalized spacial score (nSPS) is 10.4. The van der Waals surface area contributed by atoms with E-state index < -0.39 is 6.03 Å². The lowest BCUT2D eigenvalue weighted by Crippen LogP contribution is -2.23. The van der Waals surface area contributed by atoms with Gasteiger partial charge in [-0.2, -0.15) is 0 Å². The van der Waals surface area contributed by atoms with Gasteiger partial charge in [-0.3, -0.25) is 0 Å². The van der Waals surface area contributed by atoms with Gasteiger partial charge in [0, 0.05) is 11.9 Å². The summed E-state index contributed by atoms with van der Waals surface area (Å²) in [6.07, 6.45) is 3.26. The Morgan fingerprint density at radius 2 is 1.95 bits per heavy atom. The lowest BCUT2D eigenvalue weighted by atomic mass is 10.2. The van der Waals surface area contributed by atoms with Crippen molar-refractivity contribution in [3.8, 4) is 5.75 Å². The third-order valence-corrected chi connectivity index (χ3v) is 2.69. The SMILES string of the molecule is COc1cccc(/C=C/NC(=O)Nc2ccc(F)cc2)c1. The molecular weight excluding hydrogens is 271 g/mol. The van der Waals surface area contributed by atoms with Crippen molar-refractivity contribution in [3.05, 3.63) is 66.1 Å². The molecule has 0 aromatic heterocycles. The number of carbonyl (C=O) groups is 1. The lowest BCUT2D eigenvalue weighted by molar-refractivity contribution is 0.255. The van der Waals surface area contributed by atoms with E-state index in [1.807, 2.05) is 24.3 Å². The molecular formula is C16H15FN2O2. The molecule has 0 aliphatic heterocycles. The van der Waals surface area contributed by atoms with Gasteiger partial charge < -0.3 is 15.4 Å². The van der Waals surface area contributed by atoms with Crippen LogP contribution in [-0.2, 0) is 0 Å². The van der Waals surface area contributed by atoms with Crippen molar-refractivity contribution in [2.75, 3.05) is 12.4 Å². The highest BCUT2D eigenvalue weighted by atomic mass is 19.1. The predicted octanol–water partition coefficient (Wildman–Crippen LogP) is 3.63. The predicted molar refractivity (Wildman–Crippen MR) is 80.6 cm³/mol. The van der Waals surface area contributed by atoms with E-state index in [1.165, 1.54) is 30.5 Å². The summed E-state index contributed by atoms with van der Waals surface area (Å²) in [7, 11) is 1.59. The van der Waals surface area contributed by atoms with Gasteiger partial charge in [-0.15, -0.1) is 0 Å². The summed E-state index contributed by atoms with van der Waals surface area (Å²) in [6, 6.07) is 12.6. The van der Waals surface area contributed by atoms with Crippen LogP contribution in [0, 0.1) is 5.82 Å². The first-order valence-corrected chi connectivity index (χ1v) is 6.31. The molecule has 2 N–H and O–H groups in total. The maximum Gasteiger partial charge on any atom is 0.323 e. The van der Waals surface area contributed by atoms with Crippen LogP contribution in [-0.4, -0.2) is 13.1 Å². The van der Waals surface area contributed by atoms with Gasteiger partial charge in [0.05, 0.1) is 7.11 Å². The van der Waals surface area contributed by atoms with Crippen molar-refractivity contribution in [1.82, 2.24) is 5.32 Å². The number of ether oxygens (including phenoxy) is 1. The molecule has 0 aliphatic rings. The van der Waals surface area contributed by atoms with Crippen LogP contribution in [0.25, 0.3) is 6.08 Å². The molecule has 21 heavy (non-hydrogen) atoms. The van der Waals surface area contributed by atoms with Gasteiger partial charge in [0.2, 0.25) is 0 Å². The van der Waals surface area contributed by atoms with Gasteiger partial charge in [-0.1, -0.05) is 12.1 Å². The van der Waals surface area contributed by atoms with Gasteiger partial charge in [0.1, 0.15) is 11.6 Å². The Balaban J connectivity index is 1.88. The van der Waals surface area contributed by atoms with E-state index in [4.69, 9.17) is 4.74 Å². The van der Waals surface area contributed by atoms with Gasteiger partial charge >= 0.3 is 6.03 Å². The van der Waals surface area contributed by atoms with Crippen molar-refractivity contribution in [2.45, 2.75) is 0 Å². The Bertz CT molecular complexity index is 639. The largest absolute Gasteiger partial charge is 0.497 e. The molecule has 0 saturated heterocycles. The molecule has 0 bridgehead atoms. The molecule has 2 rings (SSSR count). The van der Waals surface area contributed by atoms with E-state index >= 15 is 0 Å². The standard InChI is InChI=1S/C16H15FN2O2/c1-21-15-4-2-3-12(11-15)9-10-18-16(20)19-14-7-5-13(17)6-8-14/h2-11H,1H3,(H2,18,19,20)/b10-9+. The van der Waals surface area contributed by atoms with Gasteiger partial charge in [0.25, 0.3) is 0 Å². The monoisotopic (exact) mass is 286 g/mol. The Morgan fingerprint density at radius 1 is 1.19 bits per heavy atom. The molecule has 0 atom stereocenters. The van der Waals surface area contributed by atoms with Crippen LogP contribution in [0.5, 0.6) is 5.75 Å². The van der Waals surface area contributed by atoms with Crippen molar-refractivity contribution in [1.29, 1.82) is 0 Å². The number of hydrogen-bond acceptors (Lipinski definition) is 2. The quantitative estimate of drug-likeness (QED) is 0.901. The van der Waals surface area contributed by atoms with Crippen LogP contribution >= 0.6 is 0 Å². The maximum absolute atomic E-state index is 12.7. The number of urea groups is 1.